The van der Waals surface area contributed by atoms with Gasteiger partial charge in [-0.2, -0.15) is 124 Å². The van der Waals surface area contributed by atoms with Crippen molar-refractivity contribution in [1.82, 2.24) is 54.9 Å². The molecule has 0 fully saturated rings. The Hall–Kier alpha value is -5.18. The molecule has 0 aliphatic rings. The van der Waals surface area contributed by atoms with Gasteiger partial charge in [0.05, 0.1) is 37.4 Å². The number of ketones is 1. The average Bonchev–Trinajstić information content (AvgIpc) is 0.827. The third-order valence-electron chi connectivity index (χ3n) is 13.4. The second-order valence-corrected chi connectivity index (χ2v) is 32.5. The largest absolute Gasteiger partial charge is 2.00 e. The summed E-state index contributed by atoms with van der Waals surface area (Å²) in [7, 11) is 5.90. The number of Topliss-reactive ketones (excluding diaryl/α,β-unsaturated/α-hetero) is 1. The van der Waals surface area contributed by atoms with Crippen LogP contribution in [0.4, 0.5) is 92.2 Å². The van der Waals surface area contributed by atoms with Crippen LogP contribution in [0.25, 0.3) is 0 Å². The van der Waals surface area contributed by atoms with Crippen LogP contribution in [0, 0.1) is 7.43 Å². The zero-order valence-electron chi connectivity index (χ0n) is 69.5. The fraction of sp³-hybridized carbons (Fsp3) is 0.487. The number of hydrogen-bond donors (Lipinski definition) is 6. The van der Waals surface area contributed by atoms with Gasteiger partial charge < -0.3 is 54.4 Å². The Kier molecular flexibility index (Phi) is 82.5. The van der Waals surface area contributed by atoms with Gasteiger partial charge in [-0.3, -0.25) is 54.1 Å². The smallest absolute Gasteiger partial charge is 1.00 e. The minimum atomic E-state index is -4.51. The van der Waals surface area contributed by atoms with Crippen LogP contribution in [0.3, 0.4) is 0 Å². The number of nitrogens with zero attached hydrogens (tertiary/aromatic N) is 8. The number of amides is 1. The number of rotatable bonds is 13. The Morgan fingerprint density at radius 3 is 0.752 bits per heavy atom. The fourth-order valence-corrected chi connectivity index (χ4v) is 8.29. The maximum Gasteiger partial charge on any atom is 2.00 e. The van der Waals surface area contributed by atoms with Crippen molar-refractivity contribution in [3.63, 3.8) is 0 Å². The van der Waals surface area contributed by atoms with Crippen molar-refractivity contribution < 1.29 is 147 Å². The van der Waals surface area contributed by atoms with E-state index < -0.39 is 138 Å². The summed E-state index contributed by atoms with van der Waals surface area (Å²) in [6.45, 7) is 24.5. The van der Waals surface area contributed by atoms with Crippen molar-refractivity contribution in [2.24, 2.45) is 16.6 Å². The van der Waals surface area contributed by atoms with Gasteiger partial charge in [-0.25, -0.2) is 10.5 Å². The first-order chi connectivity index (χ1) is 52.9. The Labute approximate surface area is 808 Å². The van der Waals surface area contributed by atoms with Crippen LogP contribution < -0.4 is 48.5 Å². The first kappa shape index (κ1) is 155. The van der Waals surface area contributed by atoms with E-state index in [-0.39, 0.29) is 188 Å². The SMILES string of the molecule is C.C.C.C.C.CC(=O)c1ccc(C(F)(F)F)nc1.CC(C)(C)[S+](N)[O-].CNOC.CON(C)C(=O)c1ccc(C(F)(F)F)nc1.C[C@@H](N)c1ccc(C(F)(F)F)nc1.C[C@@H](N[S+]([O-])C(C)(C)C)c1ccc(C(F)(F)F)nc1.C[C@H](N)c1ccc(C(F)(F)F)nc1.C[C@H](N[S+]([O-])C(C)(C)C)c1ccc(C(F)(F)F)nc1.Cl.Cl.O=C(Cl)c1ccc(C(F)(F)F)nc1.S.S.[Br-].[CH3-].[Mg+2]. The number of aromatic nitrogens is 7. The predicted octanol–water partition coefficient (Wildman–Crippen LogP) is 18.7. The maximum atomic E-state index is 12.4. The van der Waals surface area contributed by atoms with E-state index >= 15 is 0 Å². The Bertz CT molecular complexity index is 3840. The molecule has 22 nitrogen and oxygen atoms in total. The number of halogens is 25. The molecule has 746 valence electrons. The number of hydrogen-bond acceptors (Lipinski definition) is 21. The standard InChI is InChI=1S/2C12H17F3N2OS.C9H9F3N2O2.2C8H9F3N2.C8H6F3NO.C7H3ClF3NO.C4H11NOS.C2H7NO.5CH4.CH3.BrH.2ClH.Mg.2H2S/c2*1-8(17-19(18)11(2,3)4)9-5-6-10(16-7-9)12(13,14)15;1-14(16-2)8(15)6-3-4-7(13-5-6)9(10,11)12;2*1-5(12)6-2-3-7(13-4-6)8(9,10)11;1-5(13)6-2-3-7(12-4-6)8(9,10)11;8-6(13)4-1-2-5(12-3-4)7(9,10)11;1-4(2,3)7(5)6;1-3-4-2;;;;;;;;;;;;/h2*5-8,17H,1-4H3;3-5H,1-2H3;2*2-5H,12H2,1H3;2-4H,1H3;1-3H;5H2,1-3H3;3H,1-2H3;5*1H4;1H3;3*1H;;2*1H2/q;;;;;;;;;;;;;;-1;;;;+2;;/p-1/t2*8-,19?;;2*5-;;;;;;;;;;;;;;;;/m10.10................/s1. The minimum absolute atomic E-state index is 0. The van der Waals surface area contributed by atoms with Crippen LogP contribution in [0.2, 0.25) is 0 Å². The molecule has 0 radical (unpaired) electrons. The number of nitrogens with two attached hydrogens (primary N) is 3. The molecule has 0 saturated heterocycles. The van der Waals surface area contributed by atoms with E-state index in [0.717, 1.165) is 103 Å². The number of pyridine rings is 7. The van der Waals surface area contributed by atoms with Crippen molar-refractivity contribution in [2.45, 2.75) is 216 Å². The molecule has 0 bridgehead atoms. The van der Waals surface area contributed by atoms with Crippen molar-refractivity contribution in [1.29, 1.82) is 0 Å². The van der Waals surface area contributed by atoms with Gasteiger partial charge in [0.2, 0.25) is 0 Å². The van der Waals surface area contributed by atoms with Crippen LogP contribution in [-0.2, 0) is 87.0 Å². The predicted molar refractivity (Wildman–Crippen MR) is 477 cm³/mol. The van der Waals surface area contributed by atoms with Crippen molar-refractivity contribution in [2.75, 3.05) is 28.3 Å². The Morgan fingerprint density at radius 2 is 0.612 bits per heavy atom. The maximum absolute atomic E-state index is 12.4. The third-order valence-corrected chi connectivity index (χ3v) is 18.2. The van der Waals surface area contributed by atoms with E-state index in [9.17, 15) is 120 Å². The molecule has 7 atom stereocenters. The molecule has 0 spiro atoms. The fourth-order valence-electron chi connectivity index (χ4n) is 6.55. The summed E-state index contributed by atoms with van der Waals surface area (Å²) in [6.07, 6.45) is -23.9. The van der Waals surface area contributed by atoms with Gasteiger partial charge in [-0.15, -0.1) is 34.3 Å². The molecular weight excluding hydrogens is 2010 g/mol. The third kappa shape index (κ3) is 63.7. The van der Waals surface area contributed by atoms with Gasteiger partial charge in [-0.1, -0.05) is 61.4 Å². The van der Waals surface area contributed by atoms with Crippen LogP contribution in [0.5, 0.6) is 0 Å². The molecule has 7 rings (SSSR count). The van der Waals surface area contributed by atoms with Crippen molar-refractivity contribution >= 4 is 137 Å². The zero-order chi connectivity index (χ0) is 91.8. The summed E-state index contributed by atoms with van der Waals surface area (Å²) in [5.74, 6) is -0.870. The van der Waals surface area contributed by atoms with E-state index in [1.54, 1.807) is 41.9 Å². The molecule has 129 heavy (non-hydrogen) atoms. The summed E-state index contributed by atoms with van der Waals surface area (Å²) in [5, 5.41) is 5.10. The molecule has 7 heterocycles. The number of alkyl halides is 21. The second kappa shape index (κ2) is 68.7. The molecular formula is C76H117BrCl3F21MgN14O8S5. The normalized spacial score (nSPS) is 12.5. The second-order valence-electron chi connectivity index (χ2n) is 26.3. The quantitative estimate of drug-likeness (QED) is 0.0119. The van der Waals surface area contributed by atoms with Crippen LogP contribution in [-0.4, -0.2) is 136 Å². The molecule has 1 amide bonds. The van der Waals surface area contributed by atoms with E-state index in [1.165, 1.54) is 45.3 Å². The zero-order valence-corrected chi connectivity index (χ0v) is 79.3. The molecule has 7 aromatic rings. The van der Waals surface area contributed by atoms with E-state index in [0.29, 0.717) is 28.3 Å². The minimum Gasteiger partial charge on any atom is -1.00 e. The summed E-state index contributed by atoms with van der Waals surface area (Å²) in [4.78, 5) is 64.1. The van der Waals surface area contributed by atoms with Gasteiger partial charge >= 0.3 is 66.3 Å². The summed E-state index contributed by atoms with van der Waals surface area (Å²) >= 11 is 1.25. The number of hydroxylamine groups is 3. The monoisotopic (exact) mass is 2120 g/mol. The van der Waals surface area contributed by atoms with Crippen molar-refractivity contribution in [3.8, 4) is 0 Å². The molecule has 0 saturated carbocycles. The summed E-state index contributed by atoms with van der Waals surface area (Å²) < 4.78 is 293. The molecule has 0 aliphatic carbocycles. The van der Waals surface area contributed by atoms with Gasteiger partial charge in [0.1, 0.15) is 54.1 Å². The molecule has 0 aromatic carbocycles. The molecule has 53 heteroatoms. The van der Waals surface area contributed by atoms with Crippen LogP contribution >= 0.6 is 63.4 Å². The number of carbonyl (C=O) groups is 3. The number of nitrogens with one attached hydrogen (secondary N) is 3. The molecule has 7 aromatic heterocycles. The summed E-state index contributed by atoms with van der Waals surface area (Å²) in [6, 6.07) is 13.2. The van der Waals surface area contributed by atoms with Crippen molar-refractivity contribution in [3.05, 3.63) is 215 Å². The Morgan fingerprint density at radius 1 is 0.419 bits per heavy atom. The molecule has 3 unspecified atom stereocenters. The first-order valence-corrected chi connectivity index (χ1v) is 36.8. The summed E-state index contributed by atoms with van der Waals surface area (Å²) in [5.41, 5.74) is 9.06. The number of carbonyl (C=O) groups excluding carboxylic acids is 3. The van der Waals surface area contributed by atoms with Gasteiger partial charge in [0, 0.05) is 109 Å². The average molecular weight is 2120 g/mol. The molecule has 0 aliphatic heterocycles. The van der Waals surface area contributed by atoms with Gasteiger partial charge in [0.25, 0.3) is 11.1 Å². The topological polar surface area (TPSA) is 346 Å². The van der Waals surface area contributed by atoms with E-state index in [4.69, 9.17) is 28.2 Å². The Balaban J connectivity index is -0.0000000966. The van der Waals surface area contributed by atoms with Crippen LogP contribution in [0.15, 0.2) is 128 Å². The van der Waals surface area contributed by atoms with Crippen LogP contribution in [0.1, 0.15) is 251 Å². The van der Waals surface area contributed by atoms with Gasteiger partial charge in [0.15, 0.2) is 5.78 Å². The first-order valence-electron chi connectivity index (χ1n) is 32.9. The molecule has 9 N–H and O–H groups in total. The van der Waals surface area contributed by atoms with E-state index in [2.05, 4.69) is 59.5 Å². The van der Waals surface area contributed by atoms with Gasteiger partial charge in [-0.05, 0) is 191 Å². The van der Waals surface area contributed by atoms with E-state index in [1.807, 2.05) is 62.3 Å².